The highest BCUT2D eigenvalue weighted by molar-refractivity contribution is 7.15. The maximum absolute atomic E-state index is 12.7. The molecule has 5 heterocycles. The lowest BCUT2D eigenvalue weighted by Crippen LogP contribution is -2.36. The van der Waals surface area contributed by atoms with Crippen LogP contribution in [0.25, 0.3) is 27.6 Å². The first-order valence-corrected chi connectivity index (χ1v) is 14.4. The summed E-state index contributed by atoms with van der Waals surface area (Å²) in [6.45, 7) is 3.28. The summed E-state index contributed by atoms with van der Waals surface area (Å²) in [5.41, 5.74) is 6.40. The van der Waals surface area contributed by atoms with Gasteiger partial charge in [0.1, 0.15) is 5.69 Å². The largest absolute Gasteiger partial charge is 0.378 e. The minimum absolute atomic E-state index is 0.226. The lowest BCUT2D eigenvalue weighted by atomic mass is 10.1. The monoisotopic (exact) mass is 574 g/mol. The molecule has 1 aliphatic heterocycles. The second-order valence-corrected chi connectivity index (χ2v) is 10.6. The fourth-order valence-corrected chi connectivity index (χ4v) is 5.65. The molecule has 1 amide bonds. The number of ether oxygens (including phenoxy) is 1. The molecule has 2 aromatic carbocycles. The Kier molecular flexibility index (Phi) is 7.00. The number of hydrogen-bond acceptors (Lipinski definition) is 9. The lowest BCUT2D eigenvalue weighted by molar-refractivity contribution is 0.102. The van der Waals surface area contributed by atoms with Crippen LogP contribution in [0.1, 0.15) is 10.4 Å². The molecule has 11 heteroatoms. The Balaban J connectivity index is 1.17. The number of nitrogens with zero attached hydrogens (tertiary/aromatic N) is 6. The van der Waals surface area contributed by atoms with Crippen molar-refractivity contribution in [2.24, 2.45) is 0 Å². The average Bonchev–Trinajstić information content (AvgIpc) is 3.65. The van der Waals surface area contributed by atoms with E-state index in [-0.39, 0.29) is 5.91 Å². The van der Waals surface area contributed by atoms with Gasteiger partial charge in [-0.15, -0.1) is 11.3 Å². The molecule has 0 saturated carbocycles. The number of carbonyl (C=O) groups is 1. The van der Waals surface area contributed by atoms with Crippen LogP contribution in [-0.4, -0.2) is 56.5 Å². The van der Waals surface area contributed by atoms with Gasteiger partial charge in [0.15, 0.2) is 4.96 Å². The fourth-order valence-electron chi connectivity index (χ4n) is 4.93. The van der Waals surface area contributed by atoms with Gasteiger partial charge < -0.3 is 20.3 Å². The van der Waals surface area contributed by atoms with Crippen LogP contribution < -0.4 is 15.5 Å². The van der Waals surface area contributed by atoms with E-state index in [1.54, 1.807) is 42.1 Å². The number of nitrogens with one attached hydrogen (secondary N) is 2. The maximum Gasteiger partial charge on any atom is 0.257 e. The van der Waals surface area contributed by atoms with Crippen molar-refractivity contribution in [3.8, 4) is 22.6 Å². The van der Waals surface area contributed by atoms with Crippen LogP contribution in [0.4, 0.5) is 23.0 Å². The van der Waals surface area contributed by atoms with E-state index in [1.807, 2.05) is 58.4 Å². The fraction of sp³-hybridized carbons (Fsp3) is 0.129. The van der Waals surface area contributed by atoms with Gasteiger partial charge in [-0.2, -0.15) is 0 Å². The van der Waals surface area contributed by atoms with E-state index in [2.05, 4.69) is 37.6 Å². The number of anilines is 4. The van der Waals surface area contributed by atoms with E-state index in [4.69, 9.17) is 14.7 Å². The van der Waals surface area contributed by atoms with Crippen LogP contribution in [0.2, 0.25) is 0 Å². The van der Waals surface area contributed by atoms with Crippen molar-refractivity contribution in [3.63, 3.8) is 0 Å². The van der Waals surface area contributed by atoms with Crippen molar-refractivity contribution < 1.29 is 9.53 Å². The summed E-state index contributed by atoms with van der Waals surface area (Å²) in [5, 5.41) is 8.30. The highest BCUT2D eigenvalue weighted by Crippen LogP contribution is 2.35. The van der Waals surface area contributed by atoms with Gasteiger partial charge >= 0.3 is 0 Å². The molecule has 2 N–H and O–H groups in total. The molecule has 7 rings (SSSR count). The number of fused-ring (bicyclic) bond motifs is 1. The van der Waals surface area contributed by atoms with E-state index < -0.39 is 0 Å². The van der Waals surface area contributed by atoms with E-state index in [0.29, 0.717) is 17.2 Å². The Bertz CT molecular complexity index is 1850. The van der Waals surface area contributed by atoms with Crippen molar-refractivity contribution in [1.29, 1.82) is 0 Å². The molecule has 0 unspecified atom stereocenters. The highest BCUT2D eigenvalue weighted by Gasteiger charge is 2.19. The average molecular weight is 575 g/mol. The first-order chi connectivity index (χ1) is 20.7. The first kappa shape index (κ1) is 25.8. The van der Waals surface area contributed by atoms with E-state index in [0.717, 1.165) is 59.6 Å². The van der Waals surface area contributed by atoms with Gasteiger partial charge in [0.05, 0.1) is 30.2 Å². The van der Waals surface area contributed by atoms with E-state index in [1.165, 1.54) is 5.69 Å². The Morgan fingerprint density at radius 3 is 2.64 bits per heavy atom. The van der Waals surface area contributed by atoms with Gasteiger partial charge in [0.2, 0.25) is 5.95 Å². The number of morpholine rings is 1. The third kappa shape index (κ3) is 5.30. The van der Waals surface area contributed by atoms with Crippen molar-refractivity contribution in [3.05, 3.63) is 102 Å². The molecule has 1 aliphatic rings. The number of pyridine rings is 1. The third-order valence-corrected chi connectivity index (χ3v) is 7.73. The molecule has 0 radical (unpaired) electrons. The van der Waals surface area contributed by atoms with Crippen LogP contribution in [0, 0.1) is 0 Å². The number of imidazole rings is 1. The minimum atomic E-state index is -0.226. The van der Waals surface area contributed by atoms with Crippen molar-refractivity contribution >= 4 is 45.2 Å². The minimum Gasteiger partial charge on any atom is -0.378 e. The quantitative estimate of drug-likeness (QED) is 0.248. The Morgan fingerprint density at radius 2 is 1.81 bits per heavy atom. The summed E-state index contributed by atoms with van der Waals surface area (Å²) in [5.74, 6) is 0.260. The molecular formula is C31H26N8O2S. The standard InChI is InChI=1S/C31H26N8O2S/c40-29(22-4-2-11-32-20-22)34-24-5-1-3-21(19-24)27-28(39-15-18-42-31(39)37-27)26-10-12-33-30(36-26)35-23-6-8-25(9-7-23)38-13-16-41-17-14-38/h1-12,15,18-20H,13-14,16-17H2,(H,34,40)(H,33,35,36). The zero-order valence-electron chi connectivity index (χ0n) is 22.5. The number of aromatic nitrogens is 5. The number of carbonyl (C=O) groups excluding carboxylic acids is 1. The molecule has 10 nitrogen and oxygen atoms in total. The molecule has 0 aliphatic carbocycles. The van der Waals surface area contributed by atoms with Crippen LogP contribution >= 0.6 is 11.3 Å². The van der Waals surface area contributed by atoms with Crippen LogP contribution in [0.3, 0.4) is 0 Å². The van der Waals surface area contributed by atoms with Crippen LogP contribution in [0.5, 0.6) is 0 Å². The number of rotatable bonds is 7. The topological polar surface area (TPSA) is 110 Å². The summed E-state index contributed by atoms with van der Waals surface area (Å²) in [4.78, 5) is 34.2. The van der Waals surface area contributed by atoms with Crippen molar-refractivity contribution in [2.75, 3.05) is 41.8 Å². The van der Waals surface area contributed by atoms with Crippen molar-refractivity contribution in [2.45, 2.75) is 0 Å². The SMILES string of the molecule is O=C(Nc1cccc(-c2nc3sccn3c2-c2ccnc(Nc3ccc(N4CCOCC4)cc3)n2)c1)c1cccnc1. The van der Waals surface area contributed by atoms with E-state index in [9.17, 15) is 4.79 Å². The zero-order valence-corrected chi connectivity index (χ0v) is 23.3. The van der Waals surface area contributed by atoms with Gasteiger partial charge in [0, 0.05) is 65.9 Å². The predicted molar refractivity (Wildman–Crippen MR) is 164 cm³/mol. The molecule has 1 fully saturated rings. The number of benzene rings is 2. The number of hydrogen-bond donors (Lipinski definition) is 2. The molecular weight excluding hydrogens is 548 g/mol. The summed E-state index contributed by atoms with van der Waals surface area (Å²) in [6.07, 6.45) is 6.91. The molecule has 0 bridgehead atoms. The van der Waals surface area contributed by atoms with Crippen LogP contribution in [0.15, 0.2) is 96.9 Å². The lowest BCUT2D eigenvalue weighted by Gasteiger charge is -2.28. The van der Waals surface area contributed by atoms with Gasteiger partial charge in [-0.3, -0.25) is 14.2 Å². The van der Waals surface area contributed by atoms with Crippen LogP contribution in [-0.2, 0) is 4.74 Å². The van der Waals surface area contributed by atoms with Gasteiger partial charge in [-0.05, 0) is 54.6 Å². The molecule has 4 aromatic heterocycles. The van der Waals surface area contributed by atoms with E-state index >= 15 is 0 Å². The second-order valence-electron chi connectivity index (χ2n) is 9.68. The normalized spacial score (nSPS) is 13.3. The molecule has 208 valence electrons. The molecule has 0 atom stereocenters. The Labute approximate surface area is 245 Å². The summed E-state index contributed by atoms with van der Waals surface area (Å²) in [7, 11) is 0. The number of thiazole rings is 1. The molecule has 42 heavy (non-hydrogen) atoms. The van der Waals surface area contributed by atoms with Gasteiger partial charge in [-0.1, -0.05) is 12.1 Å². The highest BCUT2D eigenvalue weighted by atomic mass is 32.1. The van der Waals surface area contributed by atoms with Gasteiger partial charge in [0.25, 0.3) is 5.91 Å². The number of amides is 1. The smallest absolute Gasteiger partial charge is 0.257 e. The first-order valence-electron chi connectivity index (χ1n) is 13.5. The molecule has 0 spiro atoms. The summed E-state index contributed by atoms with van der Waals surface area (Å²) in [6, 6.07) is 21.3. The maximum atomic E-state index is 12.7. The van der Waals surface area contributed by atoms with Gasteiger partial charge in [-0.25, -0.2) is 15.0 Å². The summed E-state index contributed by atoms with van der Waals surface area (Å²) >= 11 is 1.55. The Morgan fingerprint density at radius 1 is 0.929 bits per heavy atom. The second kappa shape index (κ2) is 11.4. The Hall–Kier alpha value is -5.13. The molecule has 6 aromatic rings. The molecule has 1 saturated heterocycles. The van der Waals surface area contributed by atoms with Crippen molar-refractivity contribution in [1.82, 2.24) is 24.3 Å². The summed E-state index contributed by atoms with van der Waals surface area (Å²) < 4.78 is 7.50. The third-order valence-electron chi connectivity index (χ3n) is 6.98. The predicted octanol–water partition coefficient (Wildman–Crippen LogP) is 5.75. The zero-order chi connectivity index (χ0) is 28.3.